The van der Waals surface area contributed by atoms with Crippen LogP contribution in [-0.4, -0.2) is 50.0 Å². The van der Waals surface area contributed by atoms with Crippen LogP contribution in [0.5, 0.6) is 5.75 Å². The largest absolute Gasteiger partial charge is 0.494 e. The number of aryl methyl sites for hydroxylation is 1. The van der Waals surface area contributed by atoms with E-state index in [2.05, 4.69) is 10.6 Å². The van der Waals surface area contributed by atoms with Crippen molar-refractivity contribution in [2.45, 2.75) is 32.1 Å². The molecule has 2 heterocycles. The Labute approximate surface area is 161 Å². The normalized spacial score (nSPS) is 18.7. The second-order valence-electron chi connectivity index (χ2n) is 6.87. The number of fused-ring (bicyclic) bond motifs is 1. The molecule has 26 heavy (non-hydrogen) atoms. The molecular formula is C19H28ClN3O3. The third-order valence-electron chi connectivity index (χ3n) is 4.91. The maximum Gasteiger partial charge on any atom is 0.224 e. The minimum absolute atomic E-state index is 0. The minimum atomic E-state index is 0. The summed E-state index contributed by atoms with van der Waals surface area (Å²) in [5.41, 5.74) is 1.99. The fourth-order valence-corrected chi connectivity index (χ4v) is 3.54. The van der Waals surface area contributed by atoms with Crippen LogP contribution >= 0.6 is 12.4 Å². The van der Waals surface area contributed by atoms with Crippen LogP contribution in [-0.2, 0) is 16.0 Å². The Bertz CT molecular complexity index is 638. The van der Waals surface area contributed by atoms with Gasteiger partial charge < -0.3 is 20.3 Å². The van der Waals surface area contributed by atoms with Crippen molar-refractivity contribution < 1.29 is 14.3 Å². The van der Waals surface area contributed by atoms with Crippen molar-refractivity contribution in [2.75, 3.05) is 38.6 Å². The number of ether oxygens (including phenoxy) is 1. The molecule has 2 aliphatic rings. The molecule has 2 N–H and O–H groups in total. The van der Waals surface area contributed by atoms with Crippen LogP contribution in [0.1, 0.15) is 31.2 Å². The molecule has 1 atom stereocenters. The highest BCUT2D eigenvalue weighted by Crippen LogP contribution is 2.27. The number of rotatable bonds is 7. The quantitative estimate of drug-likeness (QED) is 0.710. The zero-order chi connectivity index (χ0) is 17.6. The van der Waals surface area contributed by atoms with E-state index < -0.39 is 0 Å². The van der Waals surface area contributed by atoms with E-state index in [0.29, 0.717) is 25.4 Å². The van der Waals surface area contributed by atoms with Gasteiger partial charge in [0.1, 0.15) is 5.75 Å². The first kappa shape index (κ1) is 20.5. The summed E-state index contributed by atoms with van der Waals surface area (Å²) in [6.45, 7) is 3.26. The van der Waals surface area contributed by atoms with Crippen LogP contribution in [0.2, 0.25) is 0 Å². The molecule has 3 rings (SSSR count). The predicted octanol–water partition coefficient (Wildman–Crippen LogP) is 2.22. The summed E-state index contributed by atoms with van der Waals surface area (Å²) < 4.78 is 5.78. The van der Waals surface area contributed by atoms with E-state index in [1.165, 1.54) is 0 Å². The summed E-state index contributed by atoms with van der Waals surface area (Å²) >= 11 is 0. The van der Waals surface area contributed by atoms with Crippen LogP contribution in [0.15, 0.2) is 18.2 Å². The number of carbonyl (C=O) groups excluding carboxylic acids is 2. The number of carbonyl (C=O) groups is 2. The number of likely N-dealkylation sites (tertiary alicyclic amines) is 1. The Morgan fingerprint density at radius 3 is 3.04 bits per heavy atom. The number of anilines is 1. The average Bonchev–Trinajstić information content (AvgIpc) is 3.07. The van der Waals surface area contributed by atoms with Gasteiger partial charge in [-0.2, -0.15) is 0 Å². The van der Waals surface area contributed by atoms with Crippen molar-refractivity contribution in [3.8, 4) is 5.75 Å². The van der Waals surface area contributed by atoms with Gasteiger partial charge in [-0.05, 0) is 62.5 Å². The number of hydrogen-bond donors (Lipinski definition) is 2. The first-order valence-corrected chi connectivity index (χ1v) is 9.13. The molecular weight excluding hydrogens is 354 g/mol. The van der Waals surface area contributed by atoms with Crippen LogP contribution in [0.25, 0.3) is 0 Å². The third kappa shape index (κ3) is 5.35. The van der Waals surface area contributed by atoms with Crippen molar-refractivity contribution in [1.82, 2.24) is 10.2 Å². The van der Waals surface area contributed by atoms with Gasteiger partial charge in [0.2, 0.25) is 11.8 Å². The molecule has 0 bridgehead atoms. The van der Waals surface area contributed by atoms with Crippen molar-refractivity contribution in [3.63, 3.8) is 0 Å². The van der Waals surface area contributed by atoms with Gasteiger partial charge in [-0.1, -0.05) is 0 Å². The zero-order valence-electron chi connectivity index (χ0n) is 15.3. The van der Waals surface area contributed by atoms with Crippen molar-refractivity contribution >= 4 is 29.9 Å². The summed E-state index contributed by atoms with van der Waals surface area (Å²) in [5, 5.41) is 6.05. The molecule has 1 aromatic carbocycles. The number of benzene rings is 1. The topological polar surface area (TPSA) is 70.7 Å². The molecule has 6 nitrogen and oxygen atoms in total. The van der Waals surface area contributed by atoms with Gasteiger partial charge in [0.05, 0.1) is 6.61 Å². The maximum atomic E-state index is 12.2. The summed E-state index contributed by atoms with van der Waals surface area (Å²) in [6.07, 6.45) is 3.62. The Kier molecular flexibility index (Phi) is 7.72. The number of nitrogens with zero attached hydrogens (tertiary/aromatic N) is 1. The molecule has 7 heteroatoms. The summed E-state index contributed by atoms with van der Waals surface area (Å²) in [5.74, 6) is 1.69. The van der Waals surface area contributed by atoms with Gasteiger partial charge in [-0.15, -0.1) is 12.4 Å². The lowest BCUT2D eigenvalue weighted by Crippen LogP contribution is -2.30. The van der Waals surface area contributed by atoms with E-state index in [-0.39, 0.29) is 24.2 Å². The second-order valence-corrected chi connectivity index (χ2v) is 6.87. The van der Waals surface area contributed by atoms with E-state index in [1.807, 2.05) is 30.1 Å². The van der Waals surface area contributed by atoms with Crippen molar-refractivity contribution in [2.24, 2.45) is 5.92 Å². The average molecular weight is 382 g/mol. The standard InChI is InChI=1S/C19H27N3O3.ClH/c1-20-12-14-8-9-22(13-14)19(24)3-2-10-25-16-5-6-17-15(11-16)4-7-18(23)21-17;/h5-6,11,14,20H,2-4,7-10,12-13H2,1H3,(H,21,23);1H. The zero-order valence-corrected chi connectivity index (χ0v) is 16.1. The monoisotopic (exact) mass is 381 g/mol. The van der Waals surface area contributed by atoms with Crippen LogP contribution in [0.3, 0.4) is 0 Å². The minimum Gasteiger partial charge on any atom is -0.494 e. The Morgan fingerprint density at radius 2 is 2.23 bits per heavy atom. The predicted molar refractivity (Wildman–Crippen MR) is 104 cm³/mol. The lowest BCUT2D eigenvalue weighted by Gasteiger charge is -2.18. The first-order valence-electron chi connectivity index (χ1n) is 9.13. The Morgan fingerprint density at radius 1 is 1.38 bits per heavy atom. The maximum absolute atomic E-state index is 12.2. The molecule has 0 spiro atoms. The summed E-state index contributed by atoms with van der Waals surface area (Å²) in [4.78, 5) is 25.6. The molecule has 0 aromatic heterocycles. The Balaban J connectivity index is 0.00000243. The smallest absolute Gasteiger partial charge is 0.224 e. The molecule has 144 valence electrons. The molecule has 0 saturated carbocycles. The second kappa shape index (κ2) is 9.78. The fraction of sp³-hybridized carbons (Fsp3) is 0.579. The highest BCUT2D eigenvalue weighted by atomic mass is 35.5. The van der Waals surface area contributed by atoms with Crippen molar-refractivity contribution in [3.05, 3.63) is 23.8 Å². The number of halogens is 1. The van der Waals surface area contributed by atoms with Crippen LogP contribution < -0.4 is 15.4 Å². The molecule has 1 fully saturated rings. The Hall–Kier alpha value is -1.79. The molecule has 1 aromatic rings. The summed E-state index contributed by atoms with van der Waals surface area (Å²) in [7, 11) is 1.95. The fourth-order valence-electron chi connectivity index (χ4n) is 3.54. The van der Waals surface area contributed by atoms with Crippen molar-refractivity contribution in [1.29, 1.82) is 0 Å². The van der Waals surface area contributed by atoms with E-state index in [4.69, 9.17) is 4.74 Å². The molecule has 2 amide bonds. The van der Waals surface area contributed by atoms with Gasteiger partial charge in [0.25, 0.3) is 0 Å². The van der Waals surface area contributed by atoms with E-state index in [9.17, 15) is 9.59 Å². The SMILES string of the molecule is CNCC1CCN(C(=O)CCCOc2ccc3c(c2)CCC(=O)N3)C1.Cl. The molecule has 1 saturated heterocycles. The van der Waals surface area contributed by atoms with Gasteiger partial charge in [-0.25, -0.2) is 0 Å². The number of amides is 2. The number of hydrogen-bond acceptors (Lipinski definition) is 4. The first-order chi connectivity index (χ1) is 12.2. The van der Waals surface area contributed by atoms with Gasteiger partial charge in [-0.3, -0.25) is 9.59 Å². The molecule has 0 radical (unpaired) electrons. The van der Waals surface area contributed by atoms with Crippen LogP contribution in [0, 0.1) is 5.92 Å². The van der Waals surface area contributed by atoms with E-state index in [1.54, 1.807) is 0 Å². The summed E-state index contributed by atoms with van der Waals surface area (Å²) in [6, 6.07) is 5.74. The highest BCUT2D eigenvalue weighted by molar-refractivity contribution is 5.94. The lowest BCUT2D eigenvalue weighted by molar-refractivity contribution is -0.130. The molecule has 0 aliphatic carbocycles. The van der Waals surface area contributed by atoms with Gasteiger partial charge in [0, 0.05) is 31.6 Å². The van der Waals surface area contributed by atoms with Gasteiger partial charge >= 0.3 is 0 Å². The van der Waals surface area contributed by atoms with Crippen LogP contribution in [0.4, 0.5) is 5.69 Å². The molecule has 2 aliphatic heterocycles. The van der Waals surface area contributed by atoms with Gasteiger partial charge in [0.15, 0.2) is 0 Å². The van der Waals surface area contributed by atoms with E-state index in [0.717, 1.165) is 55.9 Å². The lowest BCUT2D eigenvalue weighted by atomic mass is 10.0. The highest BCUT2D eigenvalue weighted by Gasteiger charge is 2.25. The number of nitrogens with one attached hydrogen (secondary N) is 2. The third-order valence-corrected chi connectivity index (χ3v) is 4.91. The molecule has 1 unspecified atom stereocenters. The van der Waals surface area contributed by atoms with E-state index >= 15 is 0 Å².